The lowest BCUT2D eigenvalue weighted by molar-refractivity contribution is -0.148. The van der Waals surface area contributed by atoms with Crippen molar-refractivity contribution >= 4 is 5.97 Å². The average Bonchev–Trinajstić information content (AvgIpc) is 3.16. The number of hydrogen-bond donors (Lipinski definition) is 1. The first kappa shape index (κ1) is 16.4. The zero-order chi connectivity index (χ0) is 14.5. The quantitative estimate of drug-likeness (QED) is 0.651. The Morgan fingerprint density at radius 2 is 2.11 bits per heavy atom. The van der Waals surface area contributed by atoms with Crippen molar-refractivity contribution in [3.63, 3.8) is 0 Å². The number of esters is 1. The number of carbonyl (C=O) groups excluding carboxylic acids is 1. The molecule has 1 N–H and O–H groups in total. The summed E-state index contributed by atoms with van der Waals surface area (Å²) >= 11 is 0. The fraction of sp³-hybridized carbons (Fsp3) is 0.933. The summed E-state index contributed by atoms with van der Waals surface area (Å²) in [5.74, 6) is 0.728. The van der Waals surface area contributed by atoms with Crippen LogP contribution in [0.4, 0.5) is 0 Å². The van der Waals surface area contributed by atoms with E-state index in [1.54, 1.807) is 0 Å². The molecule has 0 spiro atoms. The molecule has 1 aliphatic rings. The van der Waals surface area contributed by atoms with Crippen LogP contribution in [0.1, 0.15) is 47.0 Å². The predicted octanol–water partition coefficient (Wildman–Crippen LogP) is 2.04. The van der Waals surface area contributed by atoms with Gasteiger partial charge in [-0.15, -0.1) is 0 Å². The second-order valence-electron chi connectivity index (χ2n) is 6.21. The summed E-state index contributed by atoms with van der Waals surface area (Å²) in [6, 6.07) is 0.266. The normalized spacial score (nSPS) is 18.7. The highest BCUT2D eigenvalue weighted by Gasteiger charge is 2.35. The van der Waals surface area contributed by atoms with Crippen molar-refractivity contribution in [2.24, 2.45) is 5.92 Å². The molecule has 0 bridgehead atoms. The standard InChI is InChI=1S/C15H30N2O2/c1-6-17(11-13-7-8-13)10-9-15(4,14(18)19-5)16-12(2)3/h12-13,16H,6-11H2,1-5H3. The zero-order valence-electron chi connectivity index (χ0n) is 13.2. The molecule has 19 heavy (non-hydrogen) atoms. The van der Waals surface area contributed by atoms with E-state index in [2.05, 4.69) is 31.0 Å². The Morgan fingerprint density at radius 1 is 1.47 bits per heavy atom. The molecule has 1 atom stereocenters. The second kappa shape index (κ2) is 7.25. The first-order valence-electron chi connectivity index (χ1n) is 7.49. The molecule has 4 nitrogen and oxygen atoms in total. The van der Waals surface area contributed by atoms with E-state index in [0.717, 1.165) is 25.4 Å². The maximum absolute atomic E-state index is 12.0. The molecule has 4 heteroatoms. The third-order valence-corrected chi connectivity index (χ3v) is 3.83. The summed E-state index contributed by atoms with van der Waals surface area (Å²) in [4.78, 5) is 14.4. The van der Waals surface area contributed by atoms with Crippen LogP contribution < -0.4 is 5.32 Å². The van der Waals surface area contributed by atoms with E-state index in [-0.39, 0.29) is 12.0 Å². The van der Waals surface area contributed by atoms with Gasteiger partial charge in [0.1, 0.15) is 5.54 Å². The van der Waals surface area contributed by atoms with Gasteiger partial charge in [0, 0.05) is 19.1 Å². The molecule has 0 amide bonds. The summed E-state index contributed by atoms with van der Waals surface area (Å²) in [5, 5.41) is 3.35. The number of methoxy groups -OCH3 is 1. The summed E-state index contributed by atoms with van der Waals surface area (Å²) < 4.78 is 4.96. The van der Waals surface area contributed by atoms with E-state index in [4.69, 9.17) is 4.74 Å². The Bertz CT molecular complexity index is 290. The van der Waals surface area contributed by atoms with Crippen LogP contribution in [0.2, 0.25) is 0 Å². The second-order valence-corrected chi connectivity index (χ2v) is 6.21. The molecule has 0 aromatic carbocycles. The lowest BCUT2D eigenvalue weighted by atomic mass is 9.96. The first-order valence-corrected chi connectivity index (χ1v) is 7.49. The zero-order valence-corrected chi connectivity index (χ0v) is 13.2. The van der Waals surface area contributed by atoms with Gasteiger partial charge in [0.2, 0.25) is 0 Å². The van der Waals surface area contributed by atoms with E-state index >= 15 is 0 Å². The van der Waals surface area contributed by atoms with E-state index < -0.39 is 5.54 Å². The minimum Gasteiger partial charge on any atom is -0.468 e. The van der Waals surface area contributed by atoms with Gasteiger partial charge in [0.25, 0.3) is 0 Å². The summed E-state index contributed by atoms with van der Waals surface area (Å²) in [7, 11) is 1.46. The fourth-order valence-corrected chi connectivity index (χ4v) is 2.52. The smallest absolute Gasteiger partial charge is 0.325 e. The van der Waals surface area contributed by atoms with Crippen LogP contribution in [-0.4, -0.2) is 49.2 Å². The number of nitrogens with one attached hydrogen (secondary N) is 1. The number of ether oxygens (including phenoxy) is 1. The number of rotatable bonds is 9. The molecule has 0 aliphatic heterocycles. The monoisotopic (exact) mass is 270 g/mol. The van der Waals surface area contributed by atoms with Crippen LogP contribution in [0, 0.1) is 5.92 Å². The molecule has 1 rings (SSSR count). The minimum atomic E-state index is -0.583. The van der Waals surface area contributed by atoms with Crippen LogP contribution in [0.25, 0.3) is 0 Å². The van der Waals surface area contributed by atoms with Crippen molar-refractivity contribution in [1.29, 1.82) is 0 Å². The molecule has 0 radical (unpaired) electrons. The van der Waals surface area contributed by atoms with Gasteiger partial charge in [0.05, 0.1) is 7.11 Å². The Kier molecular flexibility index (Phi) is 6.27. The molecular formula is C15H30N2O2. The predicted molar refractivity (Wildman–Crippen MR) is 78.1 cm³/mol. The maximum atomic E-state index is 12.0. The molecule has 0 saturated heterocycles. The van der Waals surface area contributed by atoms with Crippen LogP contribution in [0.15, 0.2) is 0 Å². The first-order chi connectivity index (χ1) is 8.91. The summed E-state index contributed by atoms with van der Waals surface area (Å²) in [6.07, 6.45) is 3.53. The van der Waals surface area contributed by atoms with Gasteiger partial charge in [-0.1, -0.05) is 6.92 Å². The van der Waals surface area contributed by atoms with Crippen molar-refractivity contribution in [2.75, 3.05) is 26.7 Å². The Labute approximate surface area is 117 Å². The SMILES string of the molecule is CCN(CCC(C)(NC(C)C)C(=O)OC)CC1CC1. The summed E-state index contributed by atoms with van der Waals surface area (Å²) in [5.41, 5.74) is -0.583. The van der Waals surface area contributed by atoms with Gasteiger partial charge in [-0.25, -0.2) is 0 Å². The van der Waals surface area contributed by atoms with Gasteiger partial charge in [-0.2, -0.15) is 0 Å². The fourth-order valence-electron chi connectivity index (χ4n) is 2.52. The Balaban J connectivity index is 2.52. The molecule has 0 aromatic heterocycles. The van der Waals surface area contributed by atoms with Crippen LogP contribution in [-0.2, 0) is 9.53 Å². The van der Waals surface area contributed by atoms with Crippen LogP contribution in [0.5, 0.6) is 0 Å². The highest BCUT2D eigenvalue weighted by Crippen LogP contribution is 2.30. The van der Waals surface area contributed by atoms with E-state index in [1.165, 1.54) is 26.5 Å². The average molecular weight is 270 g/mol. The van der Waals surface area contributed by atoms with Crippen molar-refractivity contribution < 1.29 is 9.53 Å². The third kappa shape index (κ3) is 5.49. The number of hydrogen-bond acceptors (Lipinski definition) is 4. The summed E-state index contributed by atoms with van der Waals surface area (Å²) in [6.45, 7) is 11.4. The van der Waals surface area contributed by atoms with E-state index in [0.29, 0.717) is 0 Å². The third-order valence-electron chi connectivity index (χ3n) is 3.83. The van der Waals surface area contributed by atoms with Crippen molar-refractivity contribution in [2.45, 2.75) is 58.5 Å². The highest BCUT2D eigenvalue weighted by atomic mass is 16.5. The van der Waals surface area contributed by atoms with Gasteiger partial charge in [-0.05, 0) is 52.5 Å². The van der Waals surface area contributed by atoms with Crippen molar-refractivity contribution in [1.82, 2.24) is 10.2 Å². The lowest BCUT2D eigenvalue weighted by Crippen LogP contribution is -2.54. The molecular weight excluding hydrogens is 240 g/mol. The molecule has 1 aliphatic carbocycles. The molecule has 112 valence electrons. The molecule has 1 unspecified atom stereocenters. The minimum absolute atomic E-state index is 0.163. The van der Waals surface area contributed by atoms with Crippen LogP contribution in [0.3, 0.4) is 0 Å². The van der Waals surface area contributed by atoms with Crippen LogP contribution >= 0.6 is 0 Å². The Hall–Kier alpha value is -0.610. The van der Waals surface area contributed by atoms with Gasteiger partial charge in [-0.3, -0.25) is 10.1 Å². The number of carbonyl (C=O) groups is 1. The van der Waals surface area contributed by atoms with Gasteiger partial charge < -0.3 is 9.64 Å². The topological polar surface area (TPSA) is 41.6 Å². The number of nitrogens with zero attached hydrogens (tertiary/aromatic N) is 1. The molecule has 1 fully saturated rings. The van der Waals surface area contributed by atoms with Gasteiger partial charge >= 0.3 is 5.97 Å². The van der Waals surface area contributed by atoms with Crippen molar-refractivity contribution in [3.05, 3.63) is 0 Å². The molecule has 0 aromatic rings. The van der Waals surface area contributed by atoms with Crippen molar-refractivity contribution in [3.8, 4) is 0 Å². The van der Waals surface area contributed by atoms with E-state index in [9.17, 15) is 4.79 Å². The molecule has 1 saturated carbocycles. The van der Waals surface area contributed by atoms with E-state index in [1.807, 2.05) is 6.92 Å². The highest BCUT2D eigenvalue weighted by molar-refractivity contribution is 5.80. The van der Waals surface area contributed by atoms with Gasteiger partial charge in [0.15, 0.2) is 0 Å². The molecule has 0 heterocycles. The Morgan fingerprint density at radius 3 is 2.53 bits per heavy atom. The lowest BCUT2D eigenvalue weighted by Gasteiger charge is -2.32. The largest absolute Gasteiger partial charge is 0.468 e. The maximum Gasteiger partial charge on any atom is 0.325 e.